The van der Waals surface area contributed by atoms with Crippen molar-refractivity contribution in [3.05, 3.63) is 83.4 Å². The molecular weight excluding hydrogens is 416 g/mol. The van der Waals surface area contributed by atoms with Gasteiger partial charge in [0.15, 0.2) is 6.61 Å². The zero-order chi connectivity index (χ0) is 23.2. The van der Waals surface area contributed by atoms with Crippen LogP contribution in [0.1, 0.15) is 23.6 Å². The second kappa shape index (κ2) is 10.3. The molecule has 0 saturated heterocycles. The van der Waals surface area contributed by atoms with E-state index in [4.69, 9.17) is 18.9 Å². The number of hydrogen-bond acceptors (Lipinski definition) is 5. The van der Waals surface area contributed by atoms with Crippen molar-refractivity contribution >= 4 is 11.5 Å². The smallest absolute Gasteiger partial charge is 0.344 e. The molecule has 0 amide bonds. The molecule has 0 bridgehead atoms. The van der Waals surface area contributed by atoms with Gasteiger partial charge < -0.3 is 18.9 Å². The Bertz CT molecular complexity index is 1140. The molecule has 0 fully saturated rings. The maximum absolute atomic E-state index is 11.5. The molecule has 0 heterocycles. The van der Waals surface area contributed by atoms with Gasteiger partial charge in [0.2, 0.25) is 0 Å². The van der Waals surface area contributed by atoms with E-state index in [1.165, 1.54) is 22.3 Å². The molecule has 0 saturated carbocycles. The summed E-state index contributed by atoms with van der Waals surface area (Å²) >= 11 is 0. The van der Waals surface area contributed by atoms with Crippen molar-refractivity contribution < 1.29 is 23.7 Å². The lowest BCUT2D eigenvalue weighted by Gasteiger charge is -2.15. The topological polar surface area (TPSA) is 54.0 Å². The molecule has 5 heteroatoms. The Morgan fingerprint density at radius 1 is 0.909 bits per heavy atom. The normalized spacial score (nSPS) is 12.0. The monoisotopic (exact) mass is 444 g/mol. The molecule has 0 unspecified atom stereocenters. The molecule has 0 radical (unpaired) electrons. The van der Waals surface area contributed by atoms with E-state index >= 15 is 0 Å². The van der Waals surface area contributed by atoms with Crippen LogP contribution in [0.15, 0.2) is 66.7 Å². The summed E-state index contributed by atoms with van der Waals surface area (Å²) in [6.45, 7) is 2.03. The fourth-order valence-corrected chi connectivity index (χ4v) is 4.15. The molecule has 170 valence electrons. The Balaban J connectivity index is 1.57. The number of fused-ring (bicyclic) bond motifs is 1. The van der Waals surface area contributed by atoms with Gasteiger partial charge in [0.05, 0.1) is 20.8 Å². The lowest BCUT2D eigenvalue weighted by molar-refractivity contribution is -0.145. The third kappa shape index (κ3) is 5.20. The van der Waals surface area contributed by atoms with E-state index in [-0.39, 0.29) is 12.6 Å². The van der Waals surface area contributed by atoms with Crippen molar-refractivity contribution in [1.29, 1.82) is 0 Å². The van der Waals surface area contributed by atoms with Crippen LogP contribution in [0.4, 0.5) is 0 Å². The number of ether oxygens (including phenoxy) is 4. The second-order valence-electron chi connectivity index (χ2n) is 7.79. The quantitative estimate of drug-likeness (QED) is 0.408. The van der Waals surface area contributed by atoms with Crippen LogP contribution in [-0.2, 0) is 22.4 Å². The average molecular weight is 445 g/mol. The molecule has 0 N–H and O–H groups in total. The van der Waals surface area contributed by atoms with Gasteiger partial charge in [0.25, 0.3) is 0 Å². The highest BCUT2D eigenvalue weighted by Gasteiger charge is 2.19. The summed E-state index contributed by atoms with van der Waals surface area (Å²) in [6.07, 6.45) is 4.01. The molecule has 0 aromatic heterocycles. The van der Waals surface area contributed by atoms with Gasteiger partial charge in [0, 0.05) is 6.07 Å². The Hall–Kier alpha value is -3.73. The second-order valence-corrected chi connectivity index (χ2v) is 7.79. The van der Waals surface area contributed by atoms with Crippen molar-refractivity contribution in [1.82, 2.24) is 0 Å². The summed E-state index contributed by atoms with van der Waals surface area (Å²) in [5.41, 5.74) is 7.32. The Morgan fingerprint density at radius 2 is 1.64 bits per heavy atom. The number of methoxy groups -OCH3 is 2. The predicted octanol–water partition coefficient (Wildman–Crippen LogP) is 5.49. The van der Waals surface area contributed by atoms with Crippen LogP contribution in [0.25, 0.3) is 16.7 Å². The molecule has 4 rings (SSSR count). The third-order valence-corrected chi connectivity index (χ3v) is 5.67. The third-order valence-electron chi connectivity index (χ3n) is 5.67. The van der Waals surface area contributed by atoms with Crippen LogP contribution in [0.2, 0.25) is 0 Å². The minimum absolute atomic E-state index is 0.0925. The van der Waals surface area contributed by atoms with Crippen molar-refractivity contribution in [2.45, 2.75) is 19.8 Å². The van der Waals surface area contributed by atoms with Crippen LogP contribution >= 0.6 is 0 Å². The minimum atomic E-state index is -0.369. The zero-order valence-electron chi connectivity index (χ0n) is 19.2. The maximum Gasteiger partial charge on any atom is 0.344 e. The molecule has 33 heavy (non-hydrogen) atoms. The van der Waals surface area contributed by atoms with Gasteiger partial charge in [-0.25, -0.2) is 4.79 Å². The first-order valence-corrected chi connectivity index (χ1v) is 11.0. The average Bonchev–Trinajstić information content (AvgIpc) is 3.26. The van der Waals surface area contributed by atoms with Gasteiger partial charge in [-0.1, -0.05) is 36.4 Å². The van der Waals surface area contributed by atoms with E-state index in [1.54, 1.807) is 21.1 Å². The van der Waals surface area contributed by atoms with E-state index < -0.39 is 0 Å². The van der Waals surface area contributed by atoms with E-state index in [0.717, 1.165) is 35.5 Å². The lowest BCUT2D eigenvalue weighted by Crippen LogP contribution is -2.14. The molecular formula is C28H28O5. The first kappa shape index (κ1) is 22.5. The number of allylic oxidation sites excluding steroid dienone is 2. The highest BCUT2D eigenvalue weighted by atomic mass is 16.6. The highest BCUT2D eigenvalue weighted by Crippen LogP contribution is 2.39. The largest absolute Gasteiger partial charge is 0.497 e. The molecule has 0 atom stereocenters. The van der Waals surface area contributed by atoms with Crippen molar-refractivity contribution in [3.63, 3.8) is 0 Å². The summed E-state index contributed by atoms with van der Waals surface area (Å²) in [6, 6.07) is 20.3. The van der Waals surface area contributed by atoms with E-state index in [1.807, 2.05) is 30.3 Å². The fourth-order valence-electron chi connectivity index (χ4n) is 4.15. The van der Waals surface area contributed by atoms with Crippen molar-refractivity contribution in [2.24, 2.45) is 0 Å². The Kier molecular flexibility index (Phi) is 6.98. The molecule has 1 aliphatic rings. The van der Waals surface area contributed by atoms with Crippen molar-refractivity contribution in [3.8, 4) is 28.4 Å². The fraction of sp³-hybridized carbons (Fsp3) is 0.250. The molecule has 5 nitrogen and oxygen atoms in total. The first-order chi connectivity index (χ1) is 16.1. The van der Waals surface area contributed by atoms with Crippen LogP contribution in [-0.4, -0.2) is 33.4 Å². The van der Waals surface area contributed by atoms with Crippen LogP contribution in [0.3, 0.4) is 0 Å². The van der Waals surface area contributed by atoms with Gasteiger partial charge >= 0.3 is 5.97 Å². The summed E-state index contributed by atoms with van der Waals surface area (Å²) in [5, 5.41) is 0. The van der Waals surface area contributed by atoms with E-state index in [9.17, 15) is 4.79 Å². The van der Waals surface area contributed by atoms with Crippen LogP contribution in [0.5, 0.6) is 17.2 Å². The van der Waals surface area contributed by atoms with Gasteiger partial charge in [-0.15, -0.1) is 0 Å². The van der Waals surface area contributed by atoms with Gasteiger partial charge in [-0.2, -0.15) is 0 Å². The van der Waals surface area contributed by atoms with Gasteiger partial charge in [-0.3, -0.25) is 0 Å². The lowest BCUT2D eigenvalue weighted by atomic mass is 9.91. The molecule has 3 aromatic rings. The molecule has 1 aliphatic carbocycles. The summed E-state index contributed by atoms with van der Waals surface area (Å²) in [5.74, 6) is 1.84. The predicted molar refractivity (Wildman–Crippen MR) is 129 cm³/mol. The van der Waals surface area contributed by atoms with Gasteiger partial charge in [-0.05, 0) is 77.4 Å². The number of esters is 1. The summed E-state index contributed by atoms with van der Waals surface area (Å²) in [7, 11) is 3.34. The Labute approximate surface area is 194 Å². The highest BCUT2D eigenvalue weighted by molar-refractivity contribution is 5.87. The molecule has 3 aromatic carbocycles. The summed E-state index contributed by atoms with van der Waals surface area (Å²) < 4.78 is 21.3. The maximum atomic E-state index is 11.5. The number of carbonyl (C=O) groups excluding carboxylic acids is 1. The SMILES string of the molecule is CCOC(=O)COc1ccc(-c2cccc3c2C(Cc2cc(OC)cc(OC)c2)=CC3)cc1. The van der Waals surface area contributed by atoms with Crippen LogP contribution in [0, 0.1) is 0 Å². The number of rotatable bonds is 9. The number of carbonyl (C=O) groups is 1. The number of benzene rings is 3. The minimum Gasteiger partial charge on any atom is -0.497 e. The summed E-state index contributed by atoms with van der Waals surface area (Å²) in [4.78, 5) is 11.5. The Morgan fingerprint density at radius 3 is 2.30 bits per heavy atom. The number of hydrogen-bond donors (Lipinski definition) is 0. The van der Waals surface area contributed by atoms with E-state index in [0.29, 0.717) is 12.4 Å². The molecule has 0 aliphatic heterocycles. The van der Waals surface area contributed by atoms with E-state index in [2.05, 4.69) is 36.4 Å². The van der Waals surface area contributed by atoms with Crippen LogP contribution < -0.4 is 14.2 Å². The standard InChI is InChI=1S/C28H28O5/c1-4-32-27(29)18-33-23-12-10-20(11-13-23)26-7-5-6-21-8-9-22(28(21)26)14-19-15-24(30-2)17-25(16-19)31-3/h5-7,9-13,15-17H,4,8,14,18H2,1-3H3. The van der Waals surface area contributed by atoms with Crippen molar-refractivity contribution in [2.75, 3.05) is 27.4 Å². The first-order valence-electron chi connectivity index (χ1n) is 11.0. The zero-order valence-corrected chi connectivity index (χ0v) is 19.2. The molecule has 0 spiro atoms. The van der Waals surface area contributed by atoms with Gasteiger partial charge in [0.1, 0.15) is 17.2 Å².